The van der Waals surface area contributed by atoms with Gasteiger partial charge in [-0.1, -0.05) is 41.6 Å². The van der Waals surface area contributed by atoms with Crippen LogP contribution in [-0.2, 0) is 5.75 Å². The van der Waals surface area contributed by atoms with Gasteiger partial charge < -0.3 is 15.3 Å². The van der Waals surface area contributed by atoms with Gasteiger partial charge in [-0.25, -0.2) is 9.66 Å². The number of halogens is 1. The van der Waals surface area contributed by atoms with Gasteiger partial charge in [0.1, 0.15) is 5.15 Å². The molecular formula is C20H18ClN5O2S. The highest BCUT2D eigenvalue weighted by Crippen LogP contribution is 2.33. The molecule has 0 atom stereocenters. The first-order valence-corrected chi connectivity index (χ1v) is 10.1. The Morgan fingerprint density at radius 2 is 1.83 bits per heavy atom. The molecule has 4 aromatic rings. The lowest BCUT2D eigenvalue weighted by Crippen LogP contribution is -2.11. The molecule has 0 bridgehead atoms. The first kappa shape index (κ1) is 19.4. The number of aromatic nitrogens is 4. The average molecular weight is 428 g/mol. The molecule has 29 heavy (non-hydrogen) atoms. The molecule has 4 rings (SSSR count). The van der Waals surface area contributed by atoms with E-state index in [2.05, 4.69) is 15.2 Å². The Morgan fingerprint density at radius 3 is 2.62 bits per heavy atom. The number of thioether (sulfide) groups is 1. The molecule has 0 aliphatic rings. The van der Waals surface area contributed by atoms with E-state index in [1.807, 2.05) is 42.5 Å². The van der Waals surface area contributed by atoms with Crippen LogP contribution in [0.5, 0.6) is 11.5 Å². The van der Waals surface area contributed by atoms with Gasteiger partial charge in [0, 0.05) is 22.3 Å². The highest BCUT2D eigenvalue weighted by atomic mass is 35.5. The van der Waals surface area contributed by atoms with Crippen LogP contribution in [-0.4, -0.2) is 34.1 Å². The number of nitrogens with zero attached hydrogens (tertiary/aromatic N) is 4. The lowest BCUT2D eigenvalue weighted by molar-refractivity contribution is 0.355. The summed E-state index contributed by atoms with van der Waals surface area (Å²) in [6.07, 6.45) is 0. The smallest absolute Gasteiger partial charge is 0.210 e. The lowest BCUT2D eigenvalue weighted by atomic mass is 10.2. The van der Waals surface area contributed by atoms with Gasteiger partial charge in [0.05, 0.1) is 19.7 Å². The fourth-order valence-corrected chi connectivity index (χ4v) is 4.05. The zero-order valence-corrected chi connectivity index (χ0v) is 17.4. The Hall–Kier alpha value is -2.97. The van der Waals surface area contributed by atoms with E-state index in [4.69, 9.17) is 26.9 Å². The van der Waals surface area contributed by atoms with Crippen LogP contribution in [0.2, 0.25) is 5.15 Å². The standard InChI is InChI=1S/C20H18ClN5O2S/c1-27-16-8-7-13(10-17(16)28-2)19-24-25-20(26(19)22)29-11-14-9-12-5-3-4-6-15(12)23-18(14)21/h3-10H,11,22H2,1-2H3. The summed E-state index contributed by atoms with van der Waals surface area (Å²) in [7, 11) is 3.17. The van der Waals surface area contributed by atoms with Gasteiger partial charge in [-0.05, 0) is 30.3 Å². The molecule has 2 aromatic carbocycles. The highest BCUT2D eigenvalue weighted by molar-refractivity contribution is 7.98. The number of hydrogen-bond donors (Lipinski definition) is 1. The number of nitrogens with two attached hydrogens (primary N) is 1. The lowest BCUT2D eigenvalue weighted by Gasteiger charge is -2.09. The van der Waals surface area contributed by atoms with Gasteiger partial charge >= 0.3 is 0 Å². The first-order valence-electron chi connectivity index (χ1n) is 8.70. The van der Waals surface area contributed by atoms with Gasteiger partial charge in [0.2, 0.25) is 5.16 Å². The third kappa shape index (κ3) is 3.81. The summed E-state index contributed by atoms with van der Waals surface area (Å²) < 4.78 is 12.1. The van der Waals surface area contributed by atoms with E-state index in [1.165, 1.54) is 16.4 Å². The van der Waals surface area contributed by atoms with E-state index in [0.717, 1.165) is 22.0 Å². The van der Waals surface area contributed by atoms with E-state index < -0.39 is 0 Å². The second-order valence-corrected chi connectivity index (χ2v) is 7.47. The molecule has 0 unspecified atom stereocenters. The van der Waals surface area contributed by atoms with Crippen molar-refractivity contribution in [3.8, 4) is 22.9 Å². The molecular weight excluding hydrogens is 410 g/mol. The summed E-state index contributed by atoms with van der Waals surface area (Å²) in [4.78, 5) is 4.45. The monoisotopic (exact) mass is 427 g/mol. The van der Waals surface area contributed by atoms with E-state index >= 15 is 0 Å². The Morgan fingerprint density at radius 1 is 1.03 bits per heavy atom. The van der Waals surface area contributed by atoms with E-state index in [1.54, 1.807) is 20.3 Å². The maximum Gasteiger partial charge on any atom is 0.210 e. The van der Waals surface area contributed by atoms with Gasteiger partial charge in [-0.15, -0.1) is 10.2 Å². The van der Waals surface area contributed by atoms with Gasteiger partial charge in [0.25, 0.3) is 0 Å². The Balaban J connectivity index is 1.57. The fourth-order valence-electron chi connectivity index (χ4n) is 2.93. The minimum atomic E-state index is 0.472. The van der Waals surface area contributed by atoms with Crippen LogP contribution in [0.1, 0.15) is 5.56 Å². The van der Waals surface area contributed by atoms with Crippen LogP contribution in [0.25, 0.3) is 22.3 Å². The molecule has 0 aliphatic heterocycles. The summed E-state index contributed by atoms with van der Waals surface area (Å²) >= 11 is 7.79. The molecule has 0 saturated carbocycles. The maximum atomic E-state index is 6.35. The van der Waals surface area contributed by atoms with Gasteiger partial charge in [-0.3, -0.25) is 0 Å². The van der Waals surface area contributed by atoms with Crippen molar-refractivity contribution in [3.05, 3.63) is 59.2 Å². The van der Waals surface area contributed by atoms with Crippen molar-refractivity contribution in [3.63, 3.8) is 0 Å². The van der Waals surface area contributed by atoms with E-state index in [-0.39, 0.29) is 0 Å². The van der Waals surface area contributed by atoms with Crippen LogP contribution in [0.3, 0.4) is 0 Å². The van der Waals surface area contributed by atoms with Crippen molar-refractivity contribution in [2.24, 2.45) is 0 Å². The topological polar surface area (TPSA) is 88.1 Å². The summed E-state index contributed by atoms with van der Waals surface area (Å²) in [5.41, 5.74) is 2.55. The largest absolute Gasteiger partial charge is 0.493 e. The Bertz CT molecular complexity index is 1180. The van der Waals surface area contributed by atoms with Crippen molar-refractivity contribution in [2.45, 2.75) is 10.9 Å². The summed E-state index contributed by atoms with van der Waals surface area (Å²) in [5.74, 6) is 8.56. The number of hydrogen-bond acceptors (Lipinski definition) is 7. The number of rotatable bonds is 6. The quantitative estimate of drug-likeness (QED) is 0.280. The zero-order valence-electron chi connectivity index (χ0n) is 15.8. The average Bonchev–Trinajstić information content (AvgIpc) is 3.12. The molecule has 0 spiro atoms. The molecule has 0 fully saturated rings. The predicted molar refractivity (Wildman–Crippen MR) is 115 cm³/mol. The third-order valence-corrected chi connectivity index (χ3v) is 5.73. The van der Waals surface area contributed by atoms with E-state index in [9.17, 15) is 0 Å². The first-order chi connectivity index (χ1) is 14.1. The Labute approximate surface area is 176 Å². The number of methoxy groups -OCH3 is 2. The molecule has 0 saturated heterocycles. The molecule has 9 heteroatoms. The molecule has 0 radical (unpaired) electrons. The fraction of sp³-hybridized carbons (Fsp3) is 0.150. The second-order valence-electron chi connectivity index (χ2n) is 6.17. The molecule has 2 heterocycles. The van der Waals surface area contributed by atoms with E-state index in [0.29, 0.717) is 33.4 Å². The van der Waals surface area contributed by atoms with Crippen molar-refractivity contribution in [1.82, 2.24) is 19.9 Å². The summed E-state index contributed by atoms with van der Waals surface area (Å²) in [5, 5.41) is 10.5. The van der Waals surface area contributed by atoms with Gasteiger partial charge in [-0.2, -0.15) is 0 Å². The number of ether oxygens (including phenoxy) is 2. The van der Waals surface area contributed by atoms with Crippen LogP contribution < -0.4 is 15.3 Å². The SMILES string of the molecule is COc1ccc(-c2nnc(SCc3cc4ccccc4nc3Cl)n2N)cc1OC. The predicted octanol–water partition coefficient (Wildman–Crippen LogP) is 4.17. The molecule has 7 nitrogen and oxygen atoms in total. The molecule has 2 N–H and O–H groups in total. The zero-order chi connectivity index (χ0) is 20.4. The minimum Gasteiger partial charge on any atom is -0.493 e. The summed E-state index contributed by atoms with van der Waals surface area (Å²) in [6.45, 7) is 0. The van der Waals surface area contributed by atoms with Crippen molar-refractivity contribution in [1.29, 1.82) is 0 Å². The van der Waals surface area contributed by atoms with Crippen molar-refractivity contribution >= 4 is 34.3 Å². The number of pyridine rings is 1. The van der Waals surface area contributed by atoms with Crippen molar-refractivity contribution in [2.75, 3.05) is 20.1 Å². The van der Waals surface area contributed by atoms with Gasteiger partial charge in [0.15, 0.2) is 17.3 Å². The highest BCUT2D eigenvalue weighted by Gasteiger charge is 2.15. The minimum absolute atomic E-state index is 0.472. The molecule has 2 aromatic heterocycles. The van der Waals surface area contributed by atoms with Crippen molar-refractivity contribution < 1.29 is 9.47 Å². The summed E-state index contributed by atoms with van der Waals surface area (Å²) in [6, 6.07) is 15.4. The van der Waals surface area contributed by atoms with Crippen LogP contribution in [0.4, 0.5) is 0 Å². The van der Waals surface area contributed by atoms with Crippen LogP contribution in [0, 0.1) is 0 Å². The molecule has 0 amide bonds. The normalized spacial score (nSPS) is 11.0. The third-order valence-electron chi connectivity index (χ3n) is 4.41. The van der Waals surface area contributed by atoms with Crippen LogP contribution in [0.15, 0.2) is 53.7 Å². The molecule has 0 aliphatic carbocycles. The number of benzene rings is 2. The number of nitrogen functional groups attached to an aromatic ring is 1. The second kappa shape index (κ2) is 8.18. The molecule has 148 valence electrons. The maximum absolute atomic E-state index is 6.35. The Kier molecular flexibility index (Phi) is 5.46. The number of para-hydroxylation sites is 1. The van der Waals surface area contributed by atoms with Crippen LogP contribution >= 0.6 is 23.4 Å². The number of fused-ring (bicyclic) bond motifs is 1.